The van der Waals surface area contributed by atoms with Crippen LogP contribution in [0.4, 0.5) is 0 Å². The van der Waals surface area contributed by atoms with Gasteiger partial charge in [-0.25, -0.2) is 0 Å². The van der Waals surface area contributed by atoms with E-state index in [-0.39, 0.29) is 27.7 Å². The summed E-state index contributed by atoms with van der Waals surface area (Å²) in [6, 6.07) is 2.48. The SMILES string of the molecule is CC(CC#N)[C@H]1CC[C@H]2C3=CC=C4C[C@@H](O[Si](C)(C)C(C)(C)C)C[C@H](O[Si](C)(C)C(C)(C)C)[C@]4(C)[C@H]3CC[C@]12C. The molecule has 0 saturated heterocycles. The summed E-state index contributed by atoms with van der Waals surface area (Å²) in [6.45, 7) is 31.4. The van der Waals surface area contributed by atoms with Gasteiger partial charge in [-0.05, 0) is 104 Å². The molecule has 40 heavy (non-hydrogen) atoms. The molecular weight excluding hydrogens is 523 g/mol. The van der Waals surface area contributed by atoms with Gasteiger partial charge in [-0.2, -0.15) is 5.26 Å². The van der Waals surface area contributed by atoms with Crippen LogP contribution in [0.2, 0.25) is 36.3 Å². The summed E-state index contributed by atoms with van der Waals surface area (Å²) in [4.78, 5) is 0. The summed E-state index contributed by atoms with van der Waals surface area (Å²) in [5, 5.41) is 9.83. The highest BCUT2D eigenvalue weighted by Crippen LogP contribution is 2.67. The third-order valence-corrected chi connectivity index (χ3v) is 22.3. The Hall–Kier alpha value is -0.676. The van der Waals surface area contributed by atoms with E-state index in [1.807, 2.05) is 0 Å². The molecule has 0 N–H and O–H groups in total. The molecule has 0 aliphatic heterocycles. The molecular formula is C35H61NO2Si2. The minimum atomic E-state index is -1.99. The van der Waals surface area contributed by atoms with Gasteiger partial charge in [0.15, 0.2) is 16.6 Å². The minimum Gasteiger partial charge on any atom is -0.414 e. The van der Waals surface area contributed by atoms with Crippen LogP contribution in [-0.4, -0.2) is 28.8 Å². The van der Waals surface area contributed by atoms with Gasteiger partial charge in [0.1, 0.15) is 0 Å². The first kappa shape index (κ1) is 32.2. The molecule has 4 rings (SSSR count). The van der Waals surface area contributed by atoms with Gasteiger partial charge in [0, 0.05) is 11.8 Å². The van der Waals surface area contributed by atoms with Crippen LogP contribution in [0.15, 0.2) is 23.3 Å². The zero-order chi connectivity index (χ0) is 30.1. The molecule has 3 fully saturated rings. The predicted molar refractivity (Wildman–Crippen MR) is 174 cm³/mol. The molecule has 5 heteroatoms. The first-order valence-electron chi connectivity index (χ1n) is 16.3. The Bertz CT molecular complexity index is 1070. The van der Waals surface area contributed by atoms with Crippen molar-refractivity contribution in [2.45, 2.75) is 156 Å². The number of nitriles is 1. The predicted octanol–water partition coefficient (Wildman–Crippen LogP) is 10.4. The van der Waals surface area contributed by atoms with Crippen LogP contribution < -0.4 is 0 Å². The van der Waals surface area contributed by atoms with E-state index in [2.05, 4.69) is 107 Å². The Morgan fingerprint density at radius 2 is 1.52 bits per heavy atom. The molecule has 4 aliphatic carbocycles. The van der Waals surface area contributed by atoms with Crippen molar-refractivity contribution < 1.29 is 8.85 Å². The van der Waals surface area contributed by atoms with Crippen LogP contribution in [0.5, 0.6) is 0 Å². The molecule has 0 aromatic carbocycles. The minimum absolute atomic E-state index is 0.0323. The van der Waals surface area contributed by atoms with Gasteiger partial charge in [0.05, 0.1) is 18.3 Å². The maximum absolute atomic E-state index is 9.46. The highest BCUT2D eigenvalue weighted by atomic mass is 28.4. The fourth-order valence-corrected chi connectivity index (χ4v) is 11.4. The smallest absolute Gasteiger partial charge is 0.192 e. The first-order valence-corrected chi connectivity index (χ1v) is 22.1. The molecule has 3 saturated carbocycles. The van der Waals surface area contributed by atoms with Gasteiger partial charge < -0.3 is 8.85 Å². The molecule has 4 aliphatic rings. The number of fused-ring (bicyclic) bond motifs is 5. The molecule has 3 nitrogen and oxygen atoms in total. The maximum Gasteiger partial charge on any atom is 0.192 e. The quantitative estimate of drug-likeness (QED) is 0.292. The maximum atomic E-state index is 9.46. The van der Waals surface area contributed by atoms with Crippen LogP contribution in [-0.2, 0) is 8.85 Å². The van der Waals surface area contributed by atoms with Gasteiger partial charge in [-0.1, -0.05) is 85.6 Å². The van der Waals surface area contributed by atoms with Crippen molar-refractivity contribution in [2.24, 2.45) is 34.5 Å². The molecule has 0 heterocycles. The third-order valence-electron chi connectivity index (χ3n) is 13.3. The normalized spacial score (nSPS) is 37.5. The Balaban J connectivity index is 1.73. The average Bonchev–Trinajstić information content (AvgIpc) is 3.15. The number of hydrogen-bond donors (Lipinski definition) is 0. The Kier molecular flexibility index (Phi) is 8.46. The lowest BCUT2D eigenvalue weighted by molar-refractivity contribution is -0.0448. The van der Waals surface area contributed by atoms with Crippen LogP contribution >= 0.6 is 0 Å². The Morgan fingerprint density at radius 3 is 2.10 bits per heavy atom. The largest absolute Gasteiger partial charge is 0.414 e. The molecule has 0 radical (unpaired) electrons. The highest BCUT2D eigenvalue weighted by molar-refractivity contribution is 6.74. The van der Waals surface area contributed by atoms with E-state index in [9.17, 15) is 5.26 Å². The third kappa shape index (κ3) is 5.31. The van der Waals surface area contributed by atoms with Crippen LogP contribution in [0, 0.1) is 45.8 Å². The first-order chi connectivity index (χ1) is 18.2. The summed E-state index contributed by atoms with van der Waals surface area (Å²) in [7, 11) is -3.89. The van der Waals surface area contributed by atoms with Gasteiger partial charge >= 0.3 is 0 Å². The summed E-state index contributed by atoms with van der Waals surface area (Å²) in [6.07, 6.45) is 13.3. The van der Waals surface area contributed by atoms with Crippen molar-refractivity contribution in [3.05, 3.63) is 23.3 Å². The van der Waals surface area contributed by atoms with Gasteiger partial charge in [0.25, 0.3) is 0 Å². The van der Waals surface area contributed by atoms with E-state index in [4.69, 9.17) is 8.85 Å². The van der Waals surface area contributed by atoms with Crippen LogP contribution in [0.3, 0.4) is 0 Å². The van der Waals surface area contributed by atoms with E-state index in [0.29, 0.717) is 35.5 Å². The number of hydrogen-bond acceptors (Lipinski definition) is 3. The van der Waals surface area contributed by atoms with Crippen molar-refractivity contribution >= 4 is 16.6 Å². The summed E-state index contributed by atoms with van der Waals surface area (Å²) < 4.78 is 14.6. The fraction of sp³-hybridized carbons (Fsp3) is 0.857. The average molecular weight is 584 g/mol. The fourth-order valence-electron chi connectivity index (χ4n) is 8.65. The zero-order valence-corrected chi connectivity index (χ0v) is 30.3. The van der Waals surface area contributed by atoms with E-state index < -0.39 is 16.6 Å². The molecule has 8 atom stereocenters. The van der Waals surface area contributed by atoms with Crippen molar-refractivity contribution in [2.75, 3.05) is 0 Å². The van der Waals surface area contributed by atoms with E-state index in [0.717, 1.165) is 12.8 Å². The molecule has 1 unspecified atom stereocenters. The van der Waals surface area contributed by atoms with Gasteiger partial charge in [-0.15, -0.1) is 0 Å². The lowest BCUT2D eigenvalue weighted by Crippen LogP contribution is -2.58. The summed E-state index contributed by atoms with van der Waals surface area (Å²) >= 11 is 0. The summed E-state index contributed by atoms with van der Waals surface area (Å²) in [5.41, 5.74) is 3.64. The molecule has 0 amide bonds. The Labute approximate surface area is 249 Å². The monoisotopic (exact) mass is 583 g/mol. The van der Waals surface area contributed by atoms with E-state index in [1.54, 1.807) is 11.1 Å². The molecule has 0 aromatic heterocycles. The summed E-state index contributed by atoms with van der Waals surface area (Å²) in [5.74, 6) is 2.34. The molecule has 0 spiro atoms. The van der Waals surface area contributed by atoms with E-state index >= 15 is 0 Å². The molecule has 0 aromatic rings. The second-order valence-electron chi connectivity index (χ2n) is 17.6. The van der Waals surface area contributed by atoms with Gasteiger partial charge in [-0.3, -0.25) is 0 Å². The Morgan fingerprint density at radius 1 is 0.925 bits per heavy atom. The second-order valence-corrected chi connectivity index (χ2v) is 27.1. The van der Waals surface area contributed by atoms with Crippen molar-refractivity contribution in [1.82, 2.24) is 0 Å². The zero-order valence-electron chi connectivity index (χ0n) is 28.3. The number of allylic oxidation sites excluding steroid dienone is 3. The standard InChI is InChI=1S/C35H61NO2Si2/c1-24(19-21-36)28-16-17-29-27-15-14-25-22-26(37-39(10,11)32(2,3)4)23-31(38-40(12,13)33(5,6)7)35(25,9)30(27)18-20-34(28,29)8/h14-15,24,26,28-31H,16-20,22-23H2,1-13H3/t24?,26-,28-,29+,30+,31+,34-,35+/m1/s1. The van der Waals surface area contributed by atoms with E-state index in [1.165, 1.54) is 25.7 Å². The van der Waals surface area contributed by atoms with Crippen LogP contribution in [0.25, 0.3) is 0 Å². The lowest BCUT2D eigenvalue weighted by atomic mass is 9.49. The number of rotatable bonds is 6. The van der Waals surface area contributed by atoms with Gasteiger partial charge in [0.2, 0.25) is 0 Å². The molecule has 0 bridgehead atoms. The van der Waals surface area contributed by atoms with Crippen molar-refractivity contribution in [1.29, 1.82) is 5.26 Å². The highest BCUT2D eigenvalue weighted by Gasteiger charge is 2.60. The lowest BCUT2D eigenvalue weighted by Gasteiger charge is -2.59. The van der Waals surface area contributed by atoms with Crippen molar-refractivity contribution in [3.63, 3.8) is 0 Å². The van der Waals surface area contributed by atoms with Crippen molar-refractivity contribution in [3.8, 4) is 6.07 Å². The molecule has 226 valence electrons. The second kappa shape index (κ2) is 10.5. The number of nitrogens with zero attached hydrogens (tertiary/aromatic N) is 1. The topological polar surface area (TPSA) is 42.2 Å². The van der Waals surface area contributed by atoms with Crippen LogP contribution in [0.1, 0.15) is 107 Å².